The molecule has 5 heteroatoms. The van der Waals surface area contributed by atoms with Crippen LogP contribution in [-0.2, 0) is 9.53 Å². The summed E-state index contributed by atoms with van der Waals surface area (Å²) in [4.78, 5) is 10.7. The van der Waals surface area contributed by atoms with Gasteiger partial charge in [0.25, 0.3) is 0 Å². The van der Waals surface area contributed by atoms with E-state index in [4.69, 9.17) is 14.6 Å². The van der Waals surface area contributed by atoms with E-state index in [9.17, 15) is 9.18 Å². The molecule has 98 valence electrons. The van der Waals surface area contributed by atoms with Crippen LogP contribution in [0.2, 0.25) is 0 Å². The second-order valence-electron chi connectivity index (χ2n) is 4.38. The first-order chi connectivity index (χ1) is 8.56. The van der Waals surface area contributed by atoms with Crippen molar-refractivity contribution < 1.29 is 23.8 Å². The number of halogens is 1. The summed E-state index contributed by atoms with van der Waals surface area (Å²) in [6, 6.07) is 4.51. The highest BCUT2D eigenvalue weighted by molar-refractivity contribution is 5.72. The summed E-state index contributed by atoms with van der Waals surface area (Å²) in [7, 11) is 0. The molecule has 0 bridgehead atoms. The number of rotatable bonds is 4. The number of carboxylic acids is 1. The molecule has 0 spiro atoms. The van der Waals surface area contributed by atoms with Gasteiger partial charge < -0.3 is 14.6 Å². The summed E-state index contributed by atoms with van der Waals surface area (Å²) in [6.45, 7) is 1.95. The standard InChI is InChI=1S/C13H15FO4/c1-8-6-9(2-4-11(8)14)17-7-10-3-5-12(18-10)13(15)16/h2,4,6,10,12H,3,5,7H2,1H3,(H,15,16). The highest BCUT2D eigenvalue weighted by Gasteiger charge is 2.30. The van der Waals surface area contributed by atoms with E-state index in [0.717, 1.165) is 0 Å². The van der Waals surface area contributed by atoms with Crippen molar-refractivity contribution in [2.45, 2.75) is 32.0 Å². The van der Waals surface area contributed by atoms with E-state index < -0.39 is 12.1 Å². The quantitative estimate of drug-likeness (QED) is 0.894. The molecule has 1 aliphatic rings. The molecule has 0 amide bonds. The SMILES string of the molecule is Cc1cc(OCC2CCC(C(=O)O)O2)ccc1F. The minimum atomic E-state index is -0.935. The summed E-state index contributed by atoms with van der Waals surface area (Å²) in [5.41, 5.74) is 0.517. The molecule has 2 atom stereocenters. The van der Waals surface area contributed by atoms with Gasteiger partial charge in [0.2, 0.25) is 0 Å². The molecule has 2 unspecified atom stereocenters. The Morgan fingerprint density at radius 3 is 2.94 bits per heavy atom. The third-order valence-corrected chi connectivity index (χ3v) is 2.95. The van der Waals surface area contributed by atoms with Gasteiger partial charge in [0.05, 0.1) is 6.10 Å². The fraction of sp³-hybridized carbons (Fsp3) is 0.462. The van der Waals surface area contributed by atoms with Crippen molar-refractivity contribution in [1.29, 1.82) is 0 Å². The van der Waals surface area contributed by atoms with E-state index in [1.165, 1.54) is 6.07 Å². The van der Waals surface area contributed by atoms with Gasteiger partial charge in [-0.25, -0.2) is 9.18 Å². The Balaban J connectivity index is 1.85. The van der Waals surface area contributed by atoms with Crippen LogP contribution in [0.4, 0.5) is 4.39 Å². The average Bonchev–Trinajstić information content (AvgIpc) is 2.79. The molecule has 2 rings (SSSR count). The van der Waals surface area contributed by atoms with Gasteiger partial charge in [-0.1, -0.05) is 0 Å². The van der Waals surface area contributed by atoms with Crippen molar-refractivity contribution >= 4 is 5.97 Å². The summed E-state index contributed by atoms with van der Waals surface area (Å²) in [6.07, 6.45) is 0.230. The predicted octanol–water partition coefficient (Wildman–Crippen LogP) is 2.15. The number of hydrogen-bond acceptors (Lipinski definition) is 3. The number of carbonyl (C=O) groups is 1. The van der Waals surface area contributed by atoms with Crippen molar-refractivity contribution in [2.75, 3.05) is 6.61 Å². The van der Waals surface area contributed by atoms with E-state index in [1.54, 1.807) is 19.1 Å². The highest BCUT2D eigenvalue weighted by Crippen LogP contribution is 2.22. The third kappa shape index (κ3) is 2.98. The summed E-state index contributed by atoms with van der Waals surface area (Å²) in [5, 5.41) is 8.78. The highest BCUT2D eigenvalue weighted by atomic mass is 19.1. The maximum absolute atomic E-state index is 13.0. The Labute approximate surface area is 104 Å². The van der Waals surface area contributed by atoms with Crippen LogP contribution in [0.25, 0.3) is 0 Å². The molecule has 0 radical (unpaired) electrons. The molecule has 1 N–H and O–H groups in total. The predicted molar refractivity (Wildman–Crippen MR) is 62.2 cm³/mol. The van der Waals surface area contributed by atoms with Crippen LogP contribution in [0.3, 0.4) is 0 Å². The second kappa shape index (κ2) is 5.35. The molecule has 1 aromatic carbocycles. The largest absolute Gasteiger partial charge is 0.491 e. The summed E-state index contributed by atoms with van der Waals surface area (Å²) in [5.74, 6) is -0.642. The van der Waals surface area contributed by atoms with Crippen LogP contribution in [-0.4, -0.2) is 29.9 Å². The van der Waals surface area contributed by atoms with Crippen molar-refractivity contribution in [2.24, 2.45) is 0 Å². The lowest BCUT2D eigenvalue weighted by molar-refractivity contribution is -0.149. The Morgan fingerprint density at radius 2 is 2.33 bits per heavy atom. The van der Waals surface area contributed by atoms with Crippen molar-refractivity contribution in [3.05, 3.63) is 29.6 Å². The minimum absolute atomic E-state index is 0.212. The zero-order valence-electron chi connectivity index (χ0n) is 10.1. The first-order valence-electron chi connectivity index (χ1n) is 5.83. The smallest absolute Gasteiger partial charge is 0.332 e. The Hall–Kier alpha value is -1.62. The van der Waals surface area contributed by atoms with Crippen LogP contribution >= 0.6 is 0 Å². The molecule has 4 nitrogen and oxygen atoms in total. The van der Waals surface area contributed by atoms with Crippen LogP contribution in [0.15, 0.2) is 18.2 Å². The lowest BCUT2D eigenvalue weighted by Gasteiger charge is -2.13. The van der Waals surface area contributed by atoms with Gasteiger partial charge in [0, 0.05) is 0 Å². The van der Waals surface area contributed by atoms with Gasteiger partial charge in [-0.2, -0.15) is 0 Å². The van der Waals surface area contributed by atoms with E-state index in [2.05, 4.69) is 0 Å². The summed E-state index contributed by atoms with van der Waals surface area (Å²) < 4.78 is 23.8. The van der Waals surface area contributed by atoms with Crippen LogP contribution in [0.5, 0.6) is 5.75 Å². The number of ether oxygens (including phenoxy) is 2. The lowest BCUT2D eigenvalue weighted by atomic mass is 10.2. The zero-order chi connectivity index (χ0) is 13.1. The Kier molecular flexibility index (Phi) is 3.81. The molecule has 0 aromatic heterocycles. The molecule has 0 saturated carbocycles. The van der Waals surface area contributed by atoms with Crippen molar-refractivity contribution in [1.82, 2.24) is 0 Å². The third-order valence-electron chi connectivity index (χ3n) is 2.95. The molecule has 0 aliphatic carbocycles. The Bertz CT molecular complexity index is 447. The van der Waals surface area contributed by atoms with Crippen LogP contribution in [0.1, 0.15) is 18.4 Å². The zero-order valence-corrected chi connectivity index (χ0v) is 10.1. The lowest BCUT2D eigenvalue weighted by Crippen LogP contribution is -2.23. The van der Waals surface area contributed by atoms with Crippen LogP contribution in [0, 0.1) is 12.7 Å². The first kappa shape index (κ1) is 12.8. The van der Waals surface area contributed by atoms with E-state index in [0.29, 0.717) is 24.2 Å². The number of hydrogen-bond donors (Lipinski definition) is 1. The maximum Gasteiger partial charge on any atom is 0.332 e. The Morgan fingerprint density at radius 1 is 1.56 bits per heavy atom. The van der Waals surface area contributed by atoms with E-state index in [1.807, 2.05) is 0 Å². The maximum atomic E-state index is 13.0. The van der Waals surface area contributed by atoms with Gasteiger partial charge in [0.1, 0.15) is 18.2 Å². The van der Waals surface area contributed by atoms with Gasteiger partial charge in [-0.15, -0.1) is 0 Å². The van der Waals surface area contributed by atoms with Gasteiger partial charge in [0.15, 0.2) is 6.10 Å². The second-order valence-corrected chi connectivity index (χ2v) is 4.38. The molecular weight excluding hydrogens is 239 g/mol. The molecule has 1 saturated heterocycles. The first-order valence-corrected chi connectivity index (χ1v) is 5.83. The monoisotopic (exact) mass is 254 g/mol. The number of aliphatic carboxylic acids is 1. The molecule has 18 heavy (non-hydrogen) atoms. The van der Waals surface area contributed by atoms with E-state index >= 15 is 0 Å². The minimum Gasteiger partial charge on any atom is -0.491 e. The molecule has 1 fully saturated rings. The number of carboxylic acid groups (broad SMARTS) is 1. The van der Waals surface area contributed by atoms with Gasteiger partial charge >= 0.3 is 5.97 Å². The van der Waals surface area contributed by atoms with Gasteiger partial charge in [-0.05, 0) is 43.5 Å². The van der Waals surface area contributed by atoms with Crippen molar-refractivity contribution in [3.63, 3.8) is 0 Å². The molecular formula is C13H15FO4. The molecule has 1 aromatic rings. The fourth-order valence-electron chi connectivity index (χ4n) is 1.91. The molecule has 1 heterocycles. The topological polar surface area (TPSA) is 55.8 Å². The average molecular weight is 254 g/mol. The normalized spacial score (nSPS) is 23.0. The van der Waals surface area contributed by atoms with Crippen molar-refractivity contribution in [3.8, 4) is 5.75 Å². The fourth-order valence-corrected chi connectivity index (χ4v) is 1.91. The van der Waals surface area contributed by atoms with Crippen LogP contribution < -0.4 is 4.74 Å². The molecule has 1 aliphatic heterocycles. The summed E-state index contributed by atoms with van der Waals surface area (Å²) >= 11 is 0. The van der Waals surface area contributed by atoms with E-state index in [-0.39, 0.29) is 18.5 Å². The number of benzene rings is 1. The number of aryl methyl sites for hydroxylation is 1. The van der Waals surface area contributed by atoms with Gasteiger partial charge in [-0.3, -0.25) is 0 Å².